The van der Waals surface area contributed by atoms with Crippen molar-refractivity contribution in [1.29, 1.82) is 0 Å². The minimum Gasteiger partial charge on any atom is -0.279 e. The normalized spacial score (nSPS) is 13.1. The minimum atomic E-state index is -5.09. The van der Waals surface area contributed by atoms with Crippen LogP contribution in [0.5, 0.6) is 0 Å². The molecule has 0 saturated heterocycles. The summed E-state index contributed by atoms with van der Waals surface area (Å²) in [6, 6.07) is 1.53. The molecule has 138 valence electrons. The highest BCUT2D eigenvalue weighted by atomic mass is 79.9. The summed E-state index contributed by atoms with van der Waals surface area (Å²) < 4.78 is 103. The summed E-state index contributed by atoms with van der Waals surface area (Å²) in [4.78, 5) is 0. The van der Waals surface area contributed by atoms with Crippen molar-refractivity contribution in [3.8, 4) is 0 Å². The van der Waals surface area contributed by atoms with Crippen LogP contribution in [0, 0.1) is 0 Å². The molecule has 0 amide bonds. The Bertz CT molecular complexity index is 856. The molecule has 0 unspecified atom stereocenters. The largest absolute Gasteiger partial charge is 0.416 e. The number of rotatable bonds is 3. The van der Waals surface area contributed by atoms with Gasteiger partial charge in [-0.25, -0.2) is 8.42 Å². The molecule has 1 heterocycles. The van der Waals surface area contributed by atoms with Gasteiger partial charge in [0.1, 0.15) is 8.55 Å². The zero-order chi connectivity index (χ0) is 19.2. The molecule has 0 fully saturated rings. The van der Waals surface area contributed by atoms with E-state index in [4.69, 9.17) is 11.6 Å². The molecule has 0 atom stereocenters. The first-order valence-electron chi connectivity index (χ1n) is 5.97. The molecule has 2 rings (SSSR count). The second kappa shape index (κ2) is 6.63. The van der Waals surface area contributed by atoms with Gasteiger partial charge in [0.2, 0.25) is 0 Å². The van der Waals surface area contributed by atoms with E-state index in [0.717, 1.165) is 6.07 Å². The lowest BCUT2D eigenvalue weighted by Crippen LogP contribution is -2.15. The molecule has 0 aliphatic rings. The Morgan fingerprint density at radius 1 is 0.960 bits per heavy atom. The quantitative estimate of drug-likeness (QED) is 0.539. The second-order valence-corrected chi connectivity index (χ2v) is 9.00. The maximum Gasteiger partial charge on any atom is 0.416 e. The number of alkyl halides is 6. The highest BCUT2D eigenvalue weighted by Crippen LogP contribution is 2.39. The molecule has 0 aliphatic heterocycles. The van der Waals surface area contributed by atoms with Crippen LogP contribution in [-0.4, -0.2) is 8.42 Å². The molecule has 0 bridgehead atoms. The predicted octanol–water partition coefficient (Wildman–Crippen LogP) is 6.00. The Morgan fingerprint density at radius 3 is 1.80 bits per heavy atom. The van der Waals surface area contributed by atoms with E-state index < -0.39 is 39.2 Å². The molecule has 0 spiro atoms. The van der Waals surface area contributed by atoms with E-state index in [1.807, 2.05) is 0 Å². The van der Waals surface area contributed by atoms with Gasteiger partial charge in [0.15, 0.2) is 0 Å². The third kappa shape index (κ3) is 4.80. The van der Waals surface area contributed by atoms with Crippen LogP contribution < -0.4 is 4.72 Å². The summed E-state index contributed by atoms with van der Waals surface area (Å²) in [7, 11) is -4.42. The molecule has 25 heavy (non-hydrogen) atoms. The summed E-state index contributed by atoms with van der Waals surface area (Å²) in [5.41, 5.74) is -4.14. The Hall–Kier alpha value is -0.980. The molecular formula is C12H5BrClF6NO2S2. The molecule has 13 heteroatoms. The number of anilines is 1. The van der Waals surface area contributed by atoms with Crippen LogP contribution in [0.4, 0.5) is 32.0 Å². The van der Waals surface area contributed by atoms with Crippen LogP contribution in [0.15, 0.2) is 32.9 Å². The van der Waals surface area contributed by atoms with Crippen molar-refractivity contribution in [2.75, 3.05) is 4.72 Å². The fraction of sp³-hybridized carbons (Fsp3) is 0.167. The van der Waals surface area contributed by atoms with Crippen molar-refractivity contribution in [2.45, 2.75) is 16.6 Å². The van der Waals surface area contributed by atoms with Gasteiger partial charge in [-0.05, 0) is 40.2 Å². The Labute approximate surface area is 154 Å². The van der Waals surface area contributed by atoms with Gasteiger partial charge < -0.3 is 0 Å². The van der Waals surface area contributed by atoms with E-state index in [-0.39, 0.29) is 31.2 Å². The van der Waals surface area contributed by atoms with E-state index in [1.54, 1.807) is 4.72 Å². The molecular weight excluding hydrogens is 484 g/mol. The molecule has 3 nitrogen and oxygen atoms in total. The average molecular weight is 489 g/mol. The van der Waals surface area contributed by atoms with E-state index >= 15 is 0 Å². The summed E-state index contributed by atoms with van der Waals surface area (Å²) in [5.74, 6) is 0. The predicted molar refractivity (Wildman–Crippen MR) is 84.3 cm³/mol. The molecule has 2 aromatic rings. The first kappa shape index (κ1) is 20.3. The number of hydrogen-bond acceptors (Lipinski definition) is 3. The number of sulfonamides is 1. The fourth-order valence-electron chi connectivity index (χ4n) is 1.68. The second-order valence-electron chi connectivity index (χ2n) is 4.59. The number of nitrogens with one attached hydrogen (secondary N) is 1. The monoisotopic (exact) mass is 487 g/mol. The van der Waals surface area contributed by atoms with Crippen LogP contribution in [0.1, 0.15) is 11.1 Å². The summed E-state index contributed by atoms with van der Waals surface area (Å²) in [6.07, 6.45) is -10.2. The number of benzene rings is 1. The van der Waals surface area contributed by atoms with Crippen molar-refractivity contribution in [3.05, 3.63) is 44.2 Å². The highest BCUT2D eigenvalue weighted by molar-refractivity contribution is 9.10. The van der Waals surface area contributed by atoms with Crippen molar-refractivity contribution in [2.24, 2.45) is 0 Å². The number of hydrogen-bond donors (Lipinski definition) is 1. The van der Waals surface area contributed by atoms with E-state index in [2.05, 4.69) is 15.9 Å². The maximum absolute atomic E-state index is 12.8. The summed E-state index contributed by atoms with van der Waals surface area (Å²) in [5, 5.41) is 0. The highest BCUT2D eigenvalue weighted by Gasteiger charge is 2.37. The summed E-state index contributed by atoms with van der Waals surface area (Å²) in [6.45, 7) is 0. The van der Waals surface area contributed by atoms with Gasteiger partial charge in [-0.15, -0.1) is 11.3 Å². The van der Waals surface area contributed by atoms with Crippen LogP contribution in [-0.2, 0) is 22.4 Å². The van der Waals surface area contributed by atoms with Crippen molar-refractivity contribution >= 4 is 54.6 Å². The van der Waals surface area contributed by atoms with Crippen LogP contribution >= 0.6 is 38.9 Å². The van der Waals surface area contributed by atoms with Gasteiger partial charge in [-0.2, -0.15) is 26.3 Å². The lowest BCUT2D eigenvalue weighted by Gasteiger charge is -2.15. The SMILES string of the molecule is O=S(=O)(Nc1cc(C(F)(F)F)cc(C(F)(F)F)c1)c1cc(Br)c(Cl)s1. The standard InChI is InChI=1S/C12H5BrClF6NO2S2/c13-8-4-9(24-10(8)14)25(22,23)21-7-2-5(11(15,16)17)1-6(3-7)12(18,19)20/h1-4,21H. The minimum absolute atomic E-state index is 0.0559. The van der Waals surface area contributed by atoms with E-state index in [0.29, 0.717) is 11.3 Å². The zero-order valence-corrected chi connectivity index (χ0v) is 15.4. The van der Waals surface area contributed by atoms with Crippen molar-refractivity contribution < 1.29 is 34.8 Å². The zero-order valence-electron chi connectivity index (χ0n) is 11.5. The lowest BCUT2D eigenvalue weighted by atomic mass is 10.1. The number of halogens is 8. The topological polar surface area (TPSA) is 46.2 Å². The molecule has 1 aromatic carbocycles. The van der Waals surface area contributed by atoms with Crippen LogP contribution in [0.3, 0.4) is 0 Å². The summed E-state index contributed by atoms with van der Waals surface area (Å²) >= 11 is 9.23. The Balaban J connectivity index is 2.51. The first-order valence-corrected chi connectivity index (χ1v) is 9.44. The lowest BCUT2D eigenvalue weighted by molar-refractivity contribution is -0.143. The average Bonchev–Trinajstić information content (AvgIpc) is 2.77. The van der Waals surface area contributed by atoms with Crippen LogP contribution in [0.2, 0.25) is 4.34 Å². The van der Waals surface area contributed by atoms with Crippen molar-refractivity contribution in [1.82, 2.24) is 0 Å². The van der Waals surface area contributed by atoms with Gasteiger partial charge in [-0.3, -0.25) is 4.72 Å². The van der Waals surface area contributed by atoms with Gasteiger partial charge in [0, 0.05) is 4.47 Å². The Kier molecular flexibility index (Phi) is 5.40. The van der Waals surface area contributed by atoms with E-state index in [1.165, 1.54) is 0 Å². The smallest absolute Gasteiger partial charge is 0.279 e. The number of thiophene rings is 1. The fourth-order valence-corrected chi connectivity index (χ4v) is 5.02. The maximum atomic E-state index is 12.8. The van der Waals surface area contributed by atoms with Gasteiger partial charge in [-0.1, -0.05) is 11.6 Å². The Morgan fingerprint density at radius 2 is 1.44 bits per heavy atom. The third-order valence-corrected chi connectivity index (χ3v) is 7.06. The van der Waals surface area contributed by atoms with Gasteiger partial charge >= 0.3 is 12.4 Å². The first-order chi connectivity index (χ1) is 11.2. The van der Waals surface area contributed by atoms with Gasteiger partial charge in [0.05, 0.1) is 16.8 Å². The van der Waals surface area contributed by atoms with E-state index in [9.17, 15) is 34.8 Å². The molecule has 1 aromatic heterocycles. The molecule has 0 saturated carbocycles. The van der Waals surface area contributed by atoms with Crippen molar-refractivity contribution in [3.63, 3.8) is 0 Å². The molecule has 1 N–H and O–H groups in total. The van der Waals surface area contributed by atoms with Crippen LogP contribution in [0.25, 0.3) is 0 Å². The molecule has 0 aliphatic carbocycles. The third-order valence-electron chi connectivity index (χ3n) is 2.73. The molecule has 0 radical (unpaired) electrons. The van der Waals surface area contributed by atoms with Gasteiger partial charge in [0.25, 0.3) is 10.0 Å².